The molecular weight excluding hydrogens is 254 g/mol. The molecule has 0 saturated carbocycles. The van der Waals surface area contributed by atoms with Crippen LogP contribution in [0.3, 0.4) is 0 Å². The summed E-state index contributed by atoms with van der Waals surface area (Å²) in [5, 5.41) is 15.9. The molecule has 0 fully saturated rings. The first-order chi connectivity index (χ1) is 8.40. The SMILES string of the molecule is Cc1ccc(NS(=O)(=O)c2cn[nH]c2C)c(O)c1. The number of hydrogen-bond donors (Lipinski definition) is 3. The van der Waals surface area contributed by atoms with Gasteiger partial charge < -0.3 is 5.11 Å². The van der Waals surface area contributed by atoms with E-state index in [0.29, 0.717) is 5.69 Å². The molecule has 1 heterocycles. The van der Waals surface area contributed by atoms with E-state index < -0.39 is 10.0 Å². The van der Waals surface area contributed by atoms with Crippen LogP contribution >= 0.6 is 0 Å². The minimum atomic E-state index is -3.74. The van der Waals surface area contributed by atoms with E-state index in [1.54, 1.807) is 19.9 Å². The average molecular weight is 267 g/mol. The molecule has 1 aromatic carbocycles. The number of hydrogen-bond acceptors (Lipinski definition) is 4. The average Bonchev–Trinajstić information content (AvgIpc) is 2.69. The lowest BCUT2D eigenvalue weighted by Crippen LogP contribution is -2.13. The second-order valence-electron chi connectivity index (χ2n) is 3.99. The fraction of sp³-hybridized carbons (Fsp3) is 0.182. The number of nitrogens with one attached hydrogen (secondary N) is 2. The van der Waals surface area contributed by atoms with Gasteiger partial charge >= 0.3 is 0 Å². The third kappa shape index (κ3) is 2.30. The Labute approximate surface area is 105 Å². The molecule has 7 heteroatoms. The first kappa shape index (κ1) is 12.4. The molecule has 0 amide bonds. The molecule has 18 heavy (non-hydrogen) atoms. The number of phenolic OH excluding ortho intramolecular Hbond substituents is 1. The summed E-state index contributed by atoms with van der Waals surface area (Å²) in [6, 6.07) is 4.71. The van der Waals surface area contributed by atoms with Crippen molar-refractivity contribution < 1.29 is 13.5 Å². The van der Waals surface area contributed by atoms with Crippen LogP contribution in [0.5, 0.6) is 5.75 Å². The fourth-order valence-electron chi connectivity index (χ4n) is 1.54. The number of H-pyrrole nitrogens is 1. The van der Waals surface area contributed by atoms with Crippen LogP contribution in [-0.2, 0) is 10.0 Å². The Hall–Kier alpha value is -2.02. The number of aromatic amines is 1. The van der Waals surface area contributed by atoms with Crippen LogP contribution in [0.25, 0.3) is 0 Å². The van der Waals surface area contributed by atoms with Crippen molar-refractivity contribution in [2.45, 2.75) is 18.7 Å². The smallest absolute Gasteiger partial charge is 0.265 e. The fourth-order valence-corrected chi connectivity index (χ4v) is 2.75. The van der Waals surface area contributed by atoms with Crippen LogP contribution in [-0.4, -0.2) is 23.7 Å². The van der Waals surface area contributed by atoms with Crippen LogP contribution in [0.4, 0.5) is 5.69 Å². The van der Waals surface area contributed by atoms with Crippen LogP contribution in [0.2, 0.25) is 0 Å². The summed E-state index contributed by atoms with van der Waals surface area (Å²) < 4.78 is 26.4. The van der Waals surface area contributed by atoms with E-state index >= 15 is 0 Å². The first-order valence-corrected chi connectivity index (χ1v) is 6.71. The van der Waals surface area contributed by atoms with Crippen molar-refractivity contribution in [2.24, 2.45) is 0 Å². The molecular formula is C11H13N3O3S. The second-order valence-corrected chi connectivity index (χ2v) is 5.64. The molecule has 0 saturated heterocycles. The van der Waals surface area contributed by atoms with Gasteiger partial charge in [0.15, 0.2) is 0 Å². The lowest BCUT2D eigenvalue weighted by molar-refractivity contribution is 0.477. The van der Waals surface area contributed by atoms with Gasteiger partial charge in [-0.2, -0.15) is 5.10 Å². The largest absolute Gasteiger partial charge is 0.506 e. The lowest BCUT2D eigenvalue weighted by atomic mass is 10.2. The summed E-state index contributed by atoms with van der Waals surface area (Å²) in [7, 11) is -3.74. The van der Waals surface area contributed by atoms with E-state index in [0.717, 1.165) is 5.56 Å². The molecule has 0 spiro atoms. The maximum absolute atomic E-state index is 12.0. The summed E-state index contributed by atoms with van der Waals surface area (Å²) in [5.74, 6) is -0.111. The predicted molar refractivity (Wildman–Crippen MR) is 67.0 cm³/mol. The third-order valence-corrected chi connectivity index (χ3v) is 3.95. The van der Waals surface area contributed by atoms with Gasteiger partial charge in [-0.05, 0) is 31.5 Å². The summed E-state index contributed by atoms with van der Waals surface area (Å²) in [6.07, 6.45) is 1.23. The van der Waals surface area contributed by atoms with Crippen molar-refractivity contribution in [1.82, 2.24) is 10.2 Å². The van der Waals surface area contributed by atoms with E-state index in [1.807, 2.05) is 0 Å². The van der Waals surface area contributed by atoms with Gasteiger partial charge in [-0.25, -0.2) is 8.42 Å². The van der Waals surface area contributed by atoms with Gasteiger partial charge in [-0.3, -0.25) is 9.82 Å². The highest BCUT2D eigenvalue weighted by Gasteiger charge is 2.19. The molecule has 0 radical (unpaired) electrons. The molecule has 2 aromatic rings. The van der Waals surface area contributed by atoms with Gasteiger partial charge in [-0.15, -0.1) is 0 Å². The molecule has 0 unspecified atom stereocenters. The van der Waals surface area contributed by atoms with Gasteiger partial charge in [0.2, 0.25) is 0 Å². The number of nitrogens with zero attached hydrogens (tertiary/aromatic N) is 1. The van der Waals surface area contributed by atoms with Gasteiger partial charge in [0.05, 0.1) is 17.6 Å². The lowest BCUT2D eigenvalue weighted by Gasteiger charge is -2.09. The third-order valence-electron chi connectivity index (χ3n) is 2.47. The molecule has 0 atom stereocenters. The van der Waals surface area contributed by atoms with Gasteiger partial charge in [0.25, 0.3) is 10.0 Å². The Bertz CT molecular complexity index is 677. The molecule has 3 N–H and O–H groups in total. The number of anilines is 1. The molecule has 1 aromatic heterocycles. The highest BCUT2D eigenvalue weighted by atomic mass is 32.2. The van der Waals surface area contributed by atoms with E-state index in [-0.39, 0.29) is 16.3 Å². The van der Waals surface area contributed by atoms with Crippen molar-refractivity contribution in [3.63, 3.8) is 0 Å². The Morgan fingerprint density at radius 1 is 1.33 bits per heavy atom. The number of aromatic hydroxyl groups is 1. The van der Waals surface area contributed by atoms with E-state index in [1.165, 1.54) is 18.3 Å². The van der Waals surface area contributed by atoms with E-state index in [4.69, 9.17) is 0 Å². The van der Waals surface area contributed by atoms with Crippen molar-refractivity contribution in [3.8, 4) is 5.75 Å². The van der Waals surface area contributed by atoms with Crippen LogP contribution in [0.1, 0.15) is 11.3 Å². The molecule has 0 aliphatic rings. The summed E-state index contributed by atoms with van der Waals surface area (Å²) in [5.41, 5.74) is 1.42. The van der Waals surface area contributed by atoms with Crippen molar-refractivity contribution in [2.75, 3.05) is 4.72 Å². The first-order valence-electron chi connectivity index (χ1n) is 5.22. The zero-order valence-corrected chi connectivity index (χ0v) is 10.7. The number of phenols is 1. The van der Waals surface area contributed by atoms with Gasteiger partial charge in [0, 0.05) is 0 Å². The molecule has 96 valence electrons. The Kier molecular flexibility index (Phi) is 3.00. The summed E-state index contributed by atoms with van der Waals surface area (Å²) >= 11 is 0. The molecule has 0 bridgehead atoms. The number of sulfonamides is 1. The highest BCUT2D eigenvalue weighted by Crippen LogP contribution is 2.26. The Morgan fingerprint density at radius 2 is 2.06 bits per heavy atom. The Morgan fingerprint density at radius 3 is 2.61 bits per heavy atom. The van der Waals surface area contributed by atoms with Crippen LogP contribution in [0, 0.1) is 13.8 Å². The summed E-state index contributed by atoms with van der Waals surface area (Å²) in [6.45, 7) is 3.41. The number of aromatic nitrogens is 2. The Balaban J connectivity index is 2.37. The monoisotopic (exact) mass is 267 g/mol. The minimum Gasteiger partial charge on any atom is -0.506 e. The van der Waals surface area contributed by atoms with Crippen LogP contribution < -0.4 is 4.72 Å². The maximum atomic E-state index is 12.0. The zero-order chi connectivity index (χ0) is 13.3. The highest BCUT2D eigenvalue weighted by molar-refractivity contribution is 7.92. The number of rotatable bonds is 3. The minimum absolute atomic E-state index is 0.0578. The van der Waals surface area contributed by atoms with Crippen molar-refractivity contribution >= 4 is 15.7 Å². The number of aryl methyl sites for hydroxylation is 2. The molecule has 0 aliphatic carbocycles. The van der Waals surface area contributed by atoms with Crippen molar-refractivity contribution in [1.29, 1.82) is 0 Å². The standard InChI is InChI=1S/C11H13N3O3S/c1-7-3-4-9(10(15)5-7)14-18(16,17)11-6-12-13-8(11)2/h3-6,14-15H,1-2H3,(H,12,13). The topological polar surface area (TPSA) is 95.1 Å². The zero-order valence-electron chi connectivity index (χ0n) is 9.93. The van der Waals surface area contributed by atoms with E-state index in [9.17, 15) is 13.5 Å². The summed E-state index contributed by atoms with van der Waals surface area (Å²) in [4.78, 5) is 0.0578. The molecule has 6 nitrogen and oxygen atoms in total. The maximum Gasteiger partial charge on any atom is 0.265 e. The van der Waals surface area contributed by atoms with E-state index in [2.05, 4.69) is 14.9 Å². The normalized spacial score (nSPS) is 11.4. The van der Waals surface area contributed by atoms with Crippen LogP contribution in [0.15, 0.2) is 29.3 Å². The van der Waals surface area contributed by atoms with Gasteiger partial charge in [0.1, 0.15) is 10.6 Å². The predicted octanol–water partition coefficient (Wildman–Crippen LogP) is 1.53. The quantitative estimate of drug-likeness (QED) is 0.735. The molecule has 2 rings (SSSR count). The molecule has 0 aliphatic heterocycles. The number of benzene rings is 1. The second kappa shape index (κ2) is 4.34. The van der Waals surface area contributed by atoms with Crippen molar-refractivity contribution in [3.05, 3.63) is 35.7 Å². The van der Waals surface area contributed by atoms with Gasteiger partial charge in [-0.1, -0.05) is 6.07 Å².